The lowest BCUT2D eigenvalue weighted by Gasteiger charge is -2.26. The molecule has 1 saturated heterocycles. The number of nitrogens with two attached hydrogens (primary N) is 1. The average Bonchev–Trinajstić information content (AvgIpc) is 3.26. The first-order chi connectivity index (χ1) is 20.3. The predicted molar refractivity (Wildman–Crippen MR) is 147 cm³/mol. The lowest BCUT2D eigenvalue weighted by Crippen LogP contribution is -2.40. The van der Waals surface area contributed by atoms with Gasteiger partial charge in [-0.05, 0) is 35.9 Å². The minimum atomic E-state index is -4.78. The molecule has 17 heteroatoms. The normalized spacial score (nSPS) is 15.5. The van der Waals surface area contributed by atoms with Gasteiger partial charge in [0, 0.05) is 30.8 Å². The molecule has 0 aliphatic carbocycles. The van der Waals surface area contributed by atoms with Crippen molar-refractivity contribution in [3.63, 3.8) is 0 Å². The number of fused-ring (bicyclic) bond motifs is 1. The van der Waals surface area contributed by atoms with Crippen LogP contribution < -0.4 is 16.4 Å². The molecule has 0 atom stereocenters. The number of nitrogens with one attached hydrogen (secondary N) is 2. The highest BCUT2D eigenvalue weighted by atomic mass is 32.2. The molecule has 1 fully saturated rings. The van der Waals surface area contributed by atoms with Crippen molar-refractivity contribution in [2.75, 3.05) is 41.0 Å². The van der Waals surface area contributed by atoms with E-state index < -0.39 is 51.5 Å². The summed E-state index contributed by atoms with van der Waals surface area (Å²) in [6.07, 6.45) is -3.57. The SMILES string of the molecule is Nc1ncnn2c(CN3CCS(=O)(=O)CC3)c(CO)c(-c3ccc(NC(=O)Nc4cc(C(F)(F)F)ccc4F)c(F)c3)c12. The van der Waals surface area contributed by atoms with E-state index in [4.69, 9.17) is 5.73 Å². The number of amides is 2. The van der Waals surface area contributed by atoms with Gasteiger partial charge in [-0.2, -0.15) is 18.3 Å². The number of hydrogen-bond acceptors (Lipinski definition) is 8. The quantitative estimate of drug-likeness (QED) is 0.237. The first-order valence-electron chi connectivity index (χ1n) is 12.7. The number of nitrogen functional groups attached to an aromatic ring is 1. The summed E-state index contributed by atoms with van der Waals surface area (Å²) in [5.41, 5.74) is 5.47. The second kappa shape index (κ2) is 11.4. The van der Waals surface area contributed by atoms with Gasteiger partial charge in [-0.3, -0.25) is 4.90 Å². The van der Waals surface area contributed by atoms with Crippen molar-refractivity contribution in [3.8, 4) is 11.1 Å². The van der Waals surface area contributed by atoms with Crippen molar-refractivity contribution < 1.29 is 40.3 Å². The summed E-state index contributed by atoms with van der Waals surface area (Å²) < 4.78 is 93.4. The maximum Gasteiger partial charge on any atom is 0.416 e. The van der Waals surface area contributed by atoms with Gasteiger partial charge >= 0.3 is 12.2 Å². The summed E-state index contributed by atoms with van der Waals surface area (Å²) in [6, 6.07) is 3.90. The summed E-state index contributed by atoms with van der Waals surface area (Å²) in [7, 11) is -3.14. The first kappa shape index (κ1) is 30.1. The number of carbonyl (C=O) groups is 1. The Morgan fingerprint density at radius 1 is 1.02 bits per heavy atom. The Morgan fingerprint density at radius 2 is 1.72 bits per heavy atom. The Balaban J connectivity index is 1.44. The van der Waals surface area contributed by atoms with E-state index in [0.717, 1.165) is 6.07 Å². The molecule has 0 spiro atoms. The van der Waals surface area contributed by atoms with Crippen LogP contribution in [0.15, 0.2) is 42.7 Å². The molecule has 4 aromatic rings. The van der Waals surface area contributed by atoms with Crippen molar-refractivity contribution in [2.24, 2.45) is 0 Å². The molecule has 0 saturated carbocycles. The third-order valence-corrected chi connectivity index (χ3v) is 8.59. The van der Waals surface area contributed by atoms with Crippen molar-refractivity contribution in [1.82, 2.24) is 19.5 Å². The highest BCUT2D eigenvalue weighted by Crippen LogP contribution is 2.37. The minimum Gasteiger partial charge on any atom is -0.392 e. The molecular weight excluding hydrogens is 601 g/mol. The molecule has 11 nitrogen and oxygen atoms in total. The number of halogens is 5. The number of hydrogen-bond donors (Lipinski definition) is 4. The summed E-state index contributed by atoms with van der Waals surface area (Å²) in [6.45, 7) is 0.221. The predicted octanol–water partition coefficient (Wildman–Crippen LogP) is 3.64. The second-order valence-electron chi connectivity index (χ2n) is 9.76. The van der Waals surface area contributed by atoms with E-state index in [-0.39, 0.29) is 53.7 Å². The summed E-state index contributed by atoms with van der Waals surface area (Å²) in [5, 5.41) is 18.7. The summed E-state index contributed by atoms with van der Waals surface area (Å²) in [4.78, 5) is 18.3. The Bertz CT molecular complexity index is 1810. The third-order valence-electron chi connectivity index (χ3n) is 6.98. The van der Waals surface area contributed by atoms with E-state index >= 15 is 4.39 Å². The fourth-order valence-electron chi connectivity index (χ4n) is 4.83. The zero-order valence-corrected chi connectivity index (χ0v) is 22.9. The van der Waals surface area contributed by atoms with Gasteiger partial charge in [0.05, 0.1) is 40.7 Å². The van der Waals surface area contributed by atoms with Gasteiger partial charge in [-0.15, -0.1) is 0 Å². The highest BCUT2D eigenvalue weighted by molar-refractivity contribution is 7.91. The number of sulfone groups is 1. The van der Waals surface area contributed by atoms with E-state index in [1.165, 1.54) is 23.0 Å². The largest absolute Gasteiger partial charge is 0.416 e. The molecule has 5 N–H and O–H groups in total. The standard InChI is InChI=1S/C26H24F5N7O4S/c27-17-3-2-15(26(29,30)31)10-20(17)36-25(40)35-19-4-1-14(9-18(19)28)22-16(12-39)21(38-23(22)24(32)33-13-34-38)11-37-5-7-43(41,42)8-6-37/h1-4,9-10,13,39H,5-8,11-12H2,(H2,32,33,34)(H2,35,36,40). The van der Waals surface area contributed by atoms with Gasteiger partial charge in [0.2, 0.25) is 0 Å². The molecule has 3 heterocycles. The number of carbonyl (C=O) groups excluding carboxylic acids is 1. The maximum atomic E-state index is 15.3. The monoisotopic (exact) mass is 625 g/mol. The van der Waals surface area contributed by atoms with Crippen molar-refractivity contribution >= 4 is 38.6 Å². The molecule has 2 aromatic carbocycles. The highest BCUT2D eigenvalue weighted by Gasteiger charge is 2.31. The van der Waals surface area contributed by atoms with Crippen LogP contribution in [0.25, 0.3) is 16.6 Å². The van der Waals surface area contributed by atoms with Crippen LogP contribution in [-0.4, -0.2) is 63.6 Å². The molecule has 2 aromatic heterocycles. The molecule has 5 rings (SSSR count). The molecule has 0 unspecified atom stereocenters. The molecule has 43 heavy (non-hydrogen) atoms. The number of alkyl halides is 3. The summed E-state index contributed by atoms with van der Waals surface area (Å²) >= 11 is 0. The number of aromatic nitrogens is 3. The zero-order chi connectivity index (χ0) is 31.1. The van der Waals surface area contributed by atoms with Gasteiger partial charge in [0.15, 0.2) is 15.7 Å². The van der Waals surface area contributed by atoms with Crippen molar-refractivity contribution in [3.05, 3.63) is 71.2 Å². The number of rotatable bonds is 6. The Hall–Kier alpha value is -4.35. The third kappa shape index (κ3) is 6.23. The Labute approximate surface area is 241 Å². The van der Waals surface area contributed by atoms with E-state index in [2.05, 4.69) is 15.4 Å². The number of anilines is 3. The fraction of sp³-hybridized carbons (Fsp3) is 0.269. The molecular formula is C26H24F5N7O4S. The number of urea groups is 1. The van der Waals surface area contributed by atoms with Crippen LogP contribution in [0.3, 0.4) is 0 Å². The average molecular weight is 626 g/mol. The number of benzene rings is 2. The van der Waals surface area contributed by atoms with E-state index in [9.17, 15) is 35.9 Å². The topological polar surface area (TPSA) is 155 Å². The molecule has 1 aliphatic rings. The van der Waals surface area contributed by atoms with Crippen LogP contribution in [-0.2, 0) is 29.2 Å². The van der Waals surface area contributed by atoms with Crippen LogP contribution in [0.1, 0.15) is 16.8 Å². The molecule has 2 amide bonds. The molecule has 0 radical (unpaired) electrons. The zero-order valence-electron chi connectivity index (χ0n) is 22.1. The number of nitrogens with zero attached hydrogens (tertiary/aromatic N) is 4. The van der Waals surface area contributed by atoms with Crippen LogP contribution in [0.5, 0.6) is 0 Å². The first-order valence-corrected chi connectivity index (χ1v) is 14.5. The van der Waals surface area contributed by atoms with Crippen LogP contribution >= 0.6 is 0 Å². The van der Waals surface area contributed by atoms with E-state index in [0.29, 0.717) is 35.0 Å². The minimum absolute atomic E-state index is 0.0253. The van der Waals surface area contributed by atoms with E-state index in [1.807, 2.05) is 10.2 Å². The van der Waals surface area contributed by atoms with Gasteiger partial charge < -0.3 is 21.5 Å². The fourth-order valence-corrected chi connectivity index (χ4v) is 6.11. The lowest BCUT2D eigenvalue weighted by atomic mass is 10.0. The lowest BCUT2D eigenvalue weighted by molar-refractivity contribution is -0.137. The second-order valence-corrected chi connectivity index (χ2v) is 12.1. The Kier molecular flexibility index (Phi) is 7.97. The maximum absolute atomic E-state index is 15.3. The van der Waals surface area contributed by atoms with E-state index in [1.54, 1.807) is 0 Å². The van der Waals surface area contributed by atoms with Gasteiger partial charge in [0.1, 0.15) is 23.5 Å². The van der Waals surface area contributed by atoms with Crippen molar-refractivity contribution in [1.29, 1.82) is 0 Å². The number of aliphatic hydroxyl groups is 1. The Morgan fingerprint density at radius 3 is 2.37 bits per heavy atom. The molecule has 228 valence electrons. The van der Waals surface area contributed by atoms with Gasteiger partial charge in [0.25, 0.3) is 0 Å². The van der Waals surface area contributed by atoms with Gasteiger partial charge in [-0.25, -0.2) is 31.5 Å². The van der Waals surface area contributed by atoms with Crippen LogP contribution in [0, 0.1) is 11.6 Å². The van der Waals surface area contributed by atoms with Gasteiger partial charge in [-0.1, -0.05) is 6.07 Å². The number of aliphatic hydroxyl groups excluding tert-OH is 1. The van der Waals surface area contributed by atoms with Crippen LogP contribution in [0.4, 0.5) is 43.9 Å². The molecule has 0 bridgehead atoms. The summed E-state index contributed by atoms with van der Waals surface area (Å²) in [5.74, 6) is -2.11. The molecule has 1 aliphatic heterocycles. The van der Waals surface area contributed by atoms with Crippen LogP contribution in [0.2, 0.25) is 0 Å². The van der Waals surface area contributed by atoms with Crippen molar-refractivity contribution in [2.45, 2.75) is 19.3 Å². The smallest absolute Gasteiger partial charge is 0.392 e.